The van der Waals surface area contributed by atoms with Gasteiger partial charge >= 0.3 is 0 Å². The van der Waals surface area contributed by atoms with Crippen LogP contribution in [0.3, 0.4) is 0 Å². The maximum atomic E-state index is 5.86. The summed E-state index contributed by atoms with van der Waals surface area (Å²) in [7, 11) is 0. The number of hydrogen-bond donors (Lipinski definition) is 1. The van der Waals surface area contributed by atoms with E-state index in [4.69, 9.17) is 4.74 Å². The first kappa shape index (κ1) is 14.4. The van der Waals surface area contributed by atoms with Gasteiger partial charge in [-0.2, -0.15) is 0 Å². The molecule has 0 heterocycles. The maximum Gasteiger partial charge on any atom is 0.137 e. The molecule has 0 fully saturated rings. The SMILES string of the molecule is CC(C)(C)[NH2+]CCOc1ccc2ccccc2c1Br. The average molecular weight is 323 g/mol. The molecule has 0 atom stereocenters. The smallest absolute Gasteiger partial charge is 0.137 e. The zero-order valence-corrected chi connectivity index (χ0v) is 13.3. The first-order valence-corrected chi connectivity index (χ1v) is 7.41. The van der Waals surface area contributed by atoms with Crippen molar-refractivity contribution in [2.45, 2.75) is 26.3 Å². The molecule has 3 heteroatoms. The molecule has 0 amide bonds. The van der Waals surface area contributed by atoms with E-state index >= 15 is 0 Å². The third-order valence-corrected chi connectivity index (χ3v) is 3.78. The lowest BCUT2D eigenvalue weighted by molar-refractivity contribution is -0.717. The van der Waals surface area contributed by atoms with Crippen LogP contribution in [0.1, 0.15) is 20.8 Å². The normalized spacial score (nSPS) is 11.8. The Kier molecular flexibility index (Phi) is 4.48. The van der Waals surface area contributed by atoms with Gasteiger partial charge in [-0.05, 0) is 53.5 Å². The van der Waals surface area contributed by atoms with Crippen LogP contribution < -0.4 is 10.1 Å². The molecule has 0 bridgehead atoms. The van der Waals surface area contributed by atoms with Gasteiger partial charge in [0.1, 0.15) is 18.9 Å². The first-order valence-electron chi connectivity index (χ1n) is 6.62. The zero-order chi connectivity index (χ0) is 13.9. The highest BCUT2D eigenvalue weighted by Gasteiger charge is 2.12. The minimum absolute atomic E-state index is 0.254. The van der Waals surface area contributed by atoms with Crippen molar-refractivity contribution in [3.8, 4) is 5.75 Å². The van der Waals surface area contributed by atoms with Gasteiger partial charge in [0.25, 0.3) is 0 Å². The van der Waals surface area contributed by atoms with Gasteiger partial charge in [-0.25, -0.2) is 0 Å². The molecule has 2 aromatic rings. The minimum Gasteiger partial charge on any atom is -0.487 e. The van der Waals surface area contributed by atoms with Crippen LogP contribution in [0, 0.1) is 0 Å². The second-order valence-corrected chi connectivity index (χ2v) is 6.60. The summed E-state index contributed by atoms with van der Waals surface area (Å²) < 4.78 is 6.91. The van der Waals surface area contributed by atoms with Crippen LogP contribution >= 0.6 is 15.9 Å². The van der Waals surface area contributed by atoms with Gasteiger partial charge in [-0.3, -0.25) is 0 Å². The molecule has 102 valence electrons. The van der Waals surface area contributed by atoms with Crippen LogP contribution in [0.15, 0.2) is 40.9 Å². The van der Waals surface area contributed by atoms with Gasteiger partial charge in [0.15, 0.2) is 0 Å². The van der Waals surface area contributed by atoms with E-state index < -0.39 is 0 Å². The summed E-state index contributed by atoms with van der Waals surface area (Å²) in [6, 6.07) is 12.4. The predicted octanol–water partition coefficient (Wildman–Crippen LogP) is 3.34. The Balaban J connectivity index is 2.03. The van der Waals surface area contributed by atoms with Crippen molar-refractivity contribution in [3.63, 3.8) is 0 Å². The van der Waals surface area contributed by atoms with Crippen molar-refractivity contribution in [2.24, 2.45) is 0 Å². The van der Waals surface area contributed by atoms with Crippen molar-refractivity contribution < 1.29 is 10.1 Å². The molecule has 0 aromatic heterocycles. The summed E-state index contributed by atoms with van der Waals surface area (Å²) in [6.45, 7) is 8.30. The van der Waals surface area contributed by atoms with Gasteiger partial charge in [-0.15, -0.1) is 0 Å². The van der Waals surface area contributed by atoms with E-state index in [1.807, 2.05) is 18.2 Å². The van der Waals surface area contributed by atoms with Crippen LogP contribution in [-0.2, 0) is 0 Å². The fourth-order valence-electron chi connectivity index (χ4n) is 1.99. The van der Waals surface area contributed by atoms with Crippen molar-refractivity contribution >= 4 is 26.7 Å². The standard InChI is InChI=1S/C16H20BrNO/c1-16(2,3)18-10-11-19-14-9-8-12-6-4-5-7-13(12)15(14)17/h4-9,18H,10-11H2,1-3H3/p+1. The Morgan fingerprint density at radius 3 is 2.58 bits per heavy atom. The summed E-state index contributed by atoms with van der Waals surface area (Å²) in [5.41, 5.74) is 0.254. The maximum absolute atomic E-state index is 5.86. The minimum atomic E-state index is 0.254. The highest BCUT2D eigenvalue weighted by molar-refractivity contribution is 9.10. The molecule has 0 radical (unpaired) electrons. The van der Waals surface area contributed by atoms with E-state index in [1.165, 1.54) is 10.8 Å². The summed E-state index contributed by atoms with van der Waals surface area (Å²) in [4.78, 5) is 0. The molecular formula is C16H21BrNO+. The van der Waals surface area contributed by atoms with E-state index in [2.05, 4.69) is 60.2 Å². The molecule has 2 N–H and O–H groups in total. The van der Waals surface area contributed by atoms with E-state index in [0.29, 0.717) is 6.61 Å². The molecule has 0 saturated heterocycles. The summed E-state index contributed by atoms with van der Waals surface area (Å²) >= 11 is 3.64. The third-order valence-electron chi connectivity index (χ3n) is 2.96. The molecule has 2 aromatic carbocycles. The summed E-state index contributed by atoms with van der Waals surface area (Å²) in [5, 5.41) is 4.71. The number of benzene rings is 2. The number of ether oxygens (including phenoxy) is 1. The van der Waals surface area contributed by atoms with Gasteiger partial charge in [-0.1, -0.05) is 30.3 Å². The second kappa shape index (κ2) is 5.93. The average Bonchev–Trinajstić information content (AvgIpc) is 2.36. The molecule has 0 spiro atoms. The van der Waals surface area contributed by atoms with Crippen LogP contribution in [0.25, 0.3) is 10.8 Å². The van der Waals surface area contributed by atoms with Crippen molar-refractivity contribution in [3.05, 3.63) is 40.9 Å². The predicted molar refractivity (Wildman–Crippen MR) is 83.7 cm³/mol. The molecule has 2 nitrogen and oxygen atoms in total. The zero-order valence-electron chi connectivity index (χ0n) is 11.7. The lowest BCUT2D eigenvalue weighted by atomic mass is 10.1. The van der Waals surface area contributed by atoms with Gasteiger partial charge in [0.05, 0.1) is 10.0 Å². The number of hydrogen-bond acceptors (Lipinski definition) is 1. The summed E-state index contributed by atoms with van der Waals surface area (Å²) in [6.07, 6.45) is 0. The lowest BCUT2D eigenvalue weighted by Gasteiger charge is -2.17. The summed E-state index contributed by atoms with van der Waals surface area (Å²) in [5.74, 6) is 0.918. The van der Waals surface area contributed by atoms with E-state index in [-0.39, 0.29) is 5.54 Å². The van der Waals surface area contributed by atoms with Crippen LogP contribution in [0.2, 0.25) is 0 Å². The van der Waals surface area contributed by atoms with E-state index in [9.17, 15) is 0 Å². The van der Waals surface area contributed by atoms with E-state index in [0.717, 1.165) is 16.8 Å². The Labute approximate surface area is 123 Å². The number of quaternary nitrogens is 1. The van der Waals surface area contributed by atoms with Gasteiger partial charge in [0.2, 0.25) is 0 Å². The fraction of sp³-hybridized carbons (Fsp3) is 0.375. The van der Waals surface area contributed by atoms with Crippen LogP contribution in [0.4, 0.5) is 0 Å². The van der Waals surface area contributed by atoms with Gasteiger partial charge in [0, 0.05) is 0 Å². The third kappa shape index (κ3) is 3.95. The van der Waals surface area contributed by atoms with Gasteiger partial charge < -0.3 is 10.1 Å². The molecule has 0 aliphatic heterocycles. The topological polar surface area (TPSA) is 25.8 Å². The monoisotopic (exact) mass is 322 g/mol. The molecular weight excluding hydrogens is 302 g/mol. The highest BCUT2D eigenvalue weighted by atomic mass is 79.9. The number of nitrogens with two attached hydrogens (primary N) is 1. The largest absolute Gasteiger partial charge is 0.487 e. The fourth-order valence-corrected chi connectivity index (χ4v) is 2.59. The molecule has 0 aliphatic carbocycles. The second-order valence-electron chi connectivity index (χ2n) is 5.81. The molecule has 2 rings (SSSR count). The van der Waals surface area contributed by atoms with E-state index in [1.54, 1.807) is 0 Å². The highest BCUT2D eigenvalue weighted by Crippen LogP contribution is 2.32. The molecule has 0 unspecified atom stereocenters. The molecule has 0 aliphatic rings. The van der Waals surface area contributed by atoms with Crippen LogP contribution in [-0.4, -0.2) is 18.7 Å². The first-order chi connectivity index (χ1) is 8.97. The quantitative estimate of drug-likeness (QED) is 0.858. The Bertz CT molecular complexity index is 560. The van der Waals surface area contributed by atoms with Crippen LogP contribution in [0.5, 0.6) is 5.75 Å². The number of fused-ring (bicyclic) bond motifs is 1. The van der Waals surface area contributed by atoms with Crippen molar-refractivity contribution in [2.75, 3.05) is 13.2 Å². The lowest BCUT2D eigenvalue weighted by Crippen LogP contribution is -2.95. The van der Waals surface area contributed by atoms with Crippen molar-refractivity contribution in [1.29, 1.82) is 0 Å². The molecule has 0 saturated carbocycles. The van der Waals surface area contributed by atoms with Crippen molar-refractivity contribution in [1.82, 2.24) is 0 Å². The Morgan fingerprint density at radius 2 is 1.84 bits per heavy atom. The Hall–Kier alpha value is -1.06. The molecule has 19 heavy (non-hydrogen) atoms. The number of rotatable bonds is 4. The number of halogens is 1. The Morgan fingerprint density at radius 1 is 1.11 bits per heavy atom.